The van der Waals surface area contributed by atoms with Crippen molar-refractivity contribution in [2.24, 2.45) is 11.8 Å². The summed E-state index contributed by atoms with van der Waals surface area (Å²) in [6.45, 7) is 11.7. The molecule has 0 saturated carbocycles. The van der Waals surface area contributed by atoms with Crippen LogP contribution in [-0.4, -0.2) is 30.8 Å². The van der Waals surface area contributed by atoms with Gasteiger partial charge in [0.25, 0.3) is 0 Å². The highest BCUT2D eigenvalue weighted by molar-refractivity contribution is 5.85. The molecule has 18 heavy (non-hydrogen) atoms. The van der Waals surface area contributed by atoms with Crippen molar-refractivity contribution in [1.82, 2.24) is 10.6 Å². The second-order valence-corrected chi connectivity index (χ2v) is 6.17. The Labute approximate surface area is 117 Å². The summed E-state index contributed by atoms with van der Waals surface area (Å²) >= 11 is 0. The molecule has 0 spiro atoms. The first-order valence-electron chi connectivity index (χ1n) is 6.48. The van der Waals surface area contributed by atoms with E-state index in [9.17, 15) is 4.79 Å². The fourth-order valence-electron chi connectivity index (χ4n) is 2.19. The normalized spacial score (nSPS) is 28.2. The minimum absolute atomic E-state index is 0. The van der Waals surface area contributed by atoms with Crippen LogP contribution in [0.5, 0.6) is 0 Å². The monoisotopic (exact) mass is 278 g/mol. The number of nitrogens with one attached hydrogen (secondary N) is 2. The van der Waals surface area contributed by atoms with Crippen molar-refractivity contribution >= 4 is 18.5 Å². The van der Waals surface area contributed by atoms with Crippen LogP contribution in [0.15, 0.2) is 0 Å². The molecule has 1 aliphatic heterocycles. The number of hydrogen-bond donors (Lipinski definition) is 2. The summed E-state index contributed by atoms with van der Waals surface area (Å²) < 4.78 is 5.21. The van der Waals surface area contributed by atoms with Crippen LogP contribution < -0.4 is 10.6 Å². The summed E-state index contributed by atoms with van der Waals surface area (Å²) in [5, 5.41) is 6.30. The highest BCUT2D eigenvalue weighted by Crippen LogP contribution is 2.21. The molecule has 1 aliphatic rings. The van der Waals surface area contributed by atoms with E-state index in [0.717, 1.165) is 6.54 Å². The Balaban J connectivity index is 0.00000289. The van der Waals surface area contributed by atoms with Gasteiger partial charge in [-0.3, -0.25) is 0 Å². The maximum absolute atomic E-state index is 11.5. The van der Waals surface area contributed by atoms with Crippen molar-refractivity contribution in [1.29, 1.82) is 0 Å². The van der Waals surface area contributed by atoms with Gasteiger partial charge >= 0.3 is 6.09 Å². The van der Waals surface area contributed by atoms with Gasteiger partial charge < -0.3 is 15.4 Å². The molecule has 1 amide bonds. The molecule has 3 unspecified atom stereocenters. The predicted octanol–water partition coefficient (Wildman–Crippen LogP) is 2.57. The van der Waals surface area contributed by atoms with Gasteiger partial charge in [0, 0.05) is 19.1 Å². The third kappa shape index (κ3) is 6.45. The molecule has 0 aliphatic carbocycles. The van der Waals surface area contributed by atoms with Crippen molar-refractivity contribution in [2.75, 3.05) is 13.1 Å². The number of carbonyl (C=O) groups excluding carboxylic acids is 1. The van der Waals surface area contributed by atoms with E-state index < -0.39 is 5.60 Å². The first-order valence-corrected chi connectivity index (χ1v) is 6.48. The van der Waals surface area contributed by atoms with Gasteiger partial charge in [0.15, 0.2) is 0 Å². The Morgan fingerprint density at radius 2 is 2.00 bits per heavy atom. The van der Waals surface area contributed by atoms with E-state index in [4.69, 9.17) is 4.74 Å². The Morgan fingerprint density at radius 1 is 1.39 bits per heavy atom. The van der Waals surface area contributed by atoms with Crippen LogP contribution in [0.4, 0.5) is 4.79 Å². The predicted molar refractivity (Wildman–Crippen MR) is 76.2 cm³/mol. The summed E-state index contributed by atoms with van der Waals surface area (Å²) in [5.74, 6) is 1.14. The smallest absolute Gasteiger partial charge is 0.407 e. The molecule has 0 aromatic rings. The summed E-state index contributed by atoms with van der Waals surface area (Å²) in [4.78, 5) is 11.5. The third-order valence-electron chi connectivity index (χ3n) is 3.17. The molecule has 4 nitrogen and oxygen atoms in total. The van der Waals surface area contributed by atoms with Crippen molar-refractivity contribution in [3.8, 4) is 0 Å². The lowest BCUT2D eigenvalue weighted by Crippen LogP contribution is -2.46. The fraction of sp³-hybridized carbons (Fsp3) is 0.923. The summed E-state index contributed by atoms with van der Waals surface area (Å²) in [7, 11) is 0. The zero-order valence-corrected chi connectivity index (χ0v) is 12.9. The van der Waals surface area contributed by atoms with Crippen LogP contribution >= 0.6 is 12.4 Å². The zero-order chi connectivity index (χ0) is 13.1. The lowest BCUT2D eigenvalue weighted by atomic mass is 9.85. The van der Waals surface area contributed by atoms with Crippen molar-refractivity contribution in [3.05, 3.63) is 0 Å². The number of halogens is 1. The Kier molecular flexibility index (Phi) is 7.00. The molecule has 5 heteroatoms. The average Bonchev–Trinajstić information content (AvgIpc) is 2.13. The Morgan fingerprint density at radius 3 is 2.50 bits per heavy atom. The molecule has 1 fully saturated rings. The molecule has 0 bridgehead atoms. The number of alkyl carbamates (subject to hydrolysis) is 1. The third-order valence-corrected chi connectivity index (χ3v) is 3.17. The van der Waals surface area contributed by atoms with Gasteiger partial charge in [-0.2, -0.15) is 0 Å². The fourth-order valence-corrected chi connectivity index (χ4v) is 2.19. The van der Waals surface area contributed by atoms with Gasteiger partial charge in [-0.25, -0.2) is 4.79 Å². The minimum Gasteiger partial charge on any atom is -0.444 e. The van der Waals surface area contributed by atoms with E-state index >= 15 is 0 Å². The molecule has 2 N–H and O–H groups in total. The van der Waals surface area contributed by atoms with Gasteiger partial charge in [0.05, 0.1) is 0 Å². The maximum Gasteiger partial charge on any atom is 0.407 e. The van der Waals surface area contributed by atoms with Gasteiger partial charge in [0.1, 0.15) is 5.60 Å². The van der Waals surface area contributed by atoms with Crippen molar-refractivity contribution < 1.29 is 9.53 Å². The van der Waals surface area contributed by atoms with E-state index in [1.54, 1.807) is 0 Å². The van der Waals surface area contributed by atoms with E-state index in [-0.39, 0.29) is 18.5 Å². The first kappa shape index (κ1) is 17.5. The Bertz CT molecular complexity index is 266. The summed E-state index contributed by atoms with van der Waals surface area (Å²) in [5.41, 5.74) is -0.422. The molecule has 1 saturated heterocycles. The number of ether oxygens (including phenoxy) is 1. The molecule has 1 heterocycles. The van der Waals surface area contributed by atoms with Gasteiger partial charge in [-0.05, 0) is 46.0 Å². The molecular formula is C13H27ClN2O2. The zero-order valence-electron chi connectivity index (χ0n) is 12.1. The van der Waals surface area contributed by atoms with Crippen LogP contribution in [-0.2, 0) is 4.74 Å². The summed E-state index contributed by atoms with van der Waals surface area (Å²) in [6, 6.07) is 0.586. The van der Waals surface area contributed by atoms with Crippen molar-refractivity contribution in [3.63, 3.8) is 0 Å². The highest BCUT2D eigenvalue weighted by Gasteiger charge is 2.25. The van der Waals surface area contributed by atoms with Gasteiger partial charge in [0.2, 0.25) is 0 Å². The number of rotatable bonds is 2. The minimum atomic E-state index is -0.422. The van der Waals surface area contributed by atoms with Gasteiger partial charge in [-0.15, -0.1) is 12.4 Å². The van der Waals surface area contributed by atoms with Crippen LogP contribution in [0.3, 0.4) is 0 Å². The lowest BCUT2D eigenvalue weighted by Gasteiger charge is -2.33. The van der Waals surface area contributed by atoms with E-state index in [1.165, 1.54) is 6.42 Å². The molecule has 3 atom stereocenters. The van der Waals surface area contributed by atoms with E-state index in [1.807, 2.05) is 20.8 Å². The molecule has 0 aromatic carbocycles. The molecule has 0 radical (unpaired) electrons. The highest BCUT2D eigenvalue weighted by atomic mass is 35.5. The summed E-state index contributed by atoms with van der Waals surface area (Å²) in [6.07, 6.45) is 0.851. The average molecular weight is 279 g/mol. The van der Waals surface area contributed by atoms with E-state index in [0.29, 0.717) is 24.4 Å². The first-order chi connectivity index (χ1) is 7.78. The molecule has 1 rings (SSSR count). The van der Waals surface area contributed by atoms with Crippen LogP contribution in [0.1, 0.15) is 41.0 Å². The van der Waals surface area contributed by atoms with E-state index in [2.05, 4.69) is 24.5 Å². The van der Waals surface area contributed by atoms with Crippen LogP contribution in [0.25, 0.3) is 0 Å². The molecule has 0 aromatic heterocycles. The Hall–Kier alpha value is -0.480. The maximum atomic E-state index is 11.5. The van der Waals surface area contributed by atoms with Gasteiger partial charge in [-0.1, -0.05) is 6.92 Å². The quantitative estimate of drug-likeness (QED) is 0.816. The lowest BCUT2D eigenvalue weighted by molar-refractivity contribution is 0.0508. The number of piperidine rings is 1. The topological polar surface area (TPSA) is 50.4 Å². The number of carbonyl (C=O) groups is 1. The molecule has 108 valence electrons. The van der Waals surface area contributed by atoms with Crippen LogP contribution in [0, 0.1) is 11.8 Å². The van der Waals surface area contributed by atoms with Crippen molar-refractivity contribution in [2.45, 2.75) is 52.7 Å². The second kappa shape index (κ2) is 7.19. The standard InChI is InChI=1S/C13H26N2O2.ClH/c1-9-6-10(2)14-7-11(9)8-15-12(16)17-13(3,4)5;/h9-11,14H,6-8H2,1-5H3,(H,15,16);1H. The number of hydrogen-bond acceptors (Lipinski definition) is 3. The van der Waals surface area contributed by atoms with Crippen LogP contribution in [0.2, 0.25) is 0 Å². The second-order valence-electron chi connectivity index (χ2n) is 6.17. The molecular weight excluding hydrogens is 252 g/mol. The largest absolute Gasteiger partial charge is 0.444 e. The number of amides is 1. The SMILES string of the molecule is CC1CC(C)C(CNC(=O)OC(C)(C)C)CN1.Cl.